The van der Waals surface area contributed by atoms with Gasteiger partial charge in [-0.25, -0.2) is 0 Å². The third-order valence-electron chi connectivity index (χ3n) is 4.07. The standard InChI is InChI=1S/C12H21BO3/c1-2-6-10(7-3-1)14-13-15-11-8-4-5-9-12(11)16-13/h10-12H,1-9H2. The number of hydrogen-bond acceptors (Lipinski definition) is 3. The SMILES string of the molecule is C1CCC(OB2OC3CCCCC3O2)CC1. The van der Waals surface area contributed by atoms with E-state index in [2.05, 4.69) is 0 Å². The lowest BCUT2D eigenvalue weighted by molar-refractivity contribution is 0.0794. The van der Waals surface area contributed by atoms with Crippen molar-refractivity contribution in [3.63, 3.8) is 0 Å². The van der Waals surface area contributed by atoms with E-state index in [0.29, 0.717) is 18.3 Å². The van der Waals surface area contributed by atoms with Crippen molar-refractivity contribution in [2.75, 3.05) is 0 Å². The van der Waals surface area contributed by atoms with Crippen molar-refractivity contribution in [3.8, 4) is 0 Å². The molecule has 0 N–H and O–H groups in total. The van der Waals surface area contributed by atoms with E-state index in [-0.39, 0.29) is 7.32 Å². The van der Waals surface area contributed by atoms with Gasteiger partial charge in [-0.2, -0.15) is 0 Å². The quantitative estimate of drug-likeness (QED) is 0.675. The molecule has 1 aliphatic heterocycles. The van der Waals surface area contributed by atoms with E-state index >= 15 is 0 Å². The Bertz CT molecular complexity index is 216. The van der Waals surface area contributed by atoms with E-state index in [4.69, 9.17) is 14.0 Å². The van der Waals surface area contributed by atoms with Gasteiger partial charge in [0.15, 0.2) is 0 Å². The fourth-order valence-electron chi connectivity index (χ4n) is 3.11. The van der Waals surface area contributed by atoms with Gasteiger partial charge in [-0.3, -0.25) is 0 Å². The maximum Gasteiger partial charge on any atom is 0.640 e. The fourth-order valence-corrected chi connectivity index (χ4v) is 3.11. The average molecular weight is 224 g/mol. The third-order valence-corrected chi connectivity index (χ3v) is 4.07. The van der Waals surface area contributed by atoms with Gasteiger partial charge in [0.25, 0.3) is 0 Å². The van der Waals surface area contributed by atoms with E-state index in [9.17, 15) is 0 Å². The molecule has 16 heavy (non-hydrogen) atoms. The van der Waals surface area contributed by atoms with Crippen LogP contribution < -0.4 is 0 Å². The summed E-state index contributed by atoms with van der Waals surface area (Å²) in [6.07, 6.45) is 12.2. The molecule has 2 saturated carbocycles. The maximum atomic E-state index is 5.90. The summed E-state index contributed by atoms with van der Waals surface area (Å²) < 4.78 is 17.5. The van der Waals surface area contributed by atoms with Crippen LogP contribution >= 0.6 is 0 Å². The first-order chi connectivity index (χ1) is 7.92. The molecule has 2 unspecified atom stereocenters. The van der Waals surface area contributed by atoms with Crippen molar-refractivity contribution >= 4 is 7.32 Å². The Morgan fingerprint density at radius 1 is 0.750 bits per heavy atom. The first kappa shape index (κ1) is 11.1. The van der Waals surface area contributed by atoms with E-state index in [1.807, 2.05) is 0 Å². The molecule has 1 saturated heterocycles. The van der Waals surface area contributed by atoms with E-state index < -0.39 is 0 Å². The molecule has 0 aromatic carbocycles. The summed E-state index contributed by atoms with van der Waals surface area (Å²) in [4.78, 5) is 0. The van der Waals surface area contributed by atoms with Crippen molar-refractivity contribution in [3.05, 3.63) is 0 Å². The lowest BCUT2D eigenvalue weighted by Crippen LogP contribution is -2.29. The zero-order chi connectivity index (χ0) is 10.8. The molecule has 1 heterocycles. The van der Waals surface area contributed by atoms with Crippen LogP contribution in [0.25, 0.3) is 0 Å². The molecule has 0 aromatic heterocycles. The smallest absolute Gasteiger partial charge is 0.383 e. The molecule has 3 nitrogen and oxygen atoms in total. The summed E-state index contributed by atoms with van der Waals surface area (Å²) in [5.41, 5.74) is 0. The first-order valence-corrected chi connectivity index (χ1v) is 6.88. The Hall–Kier alpha value is -0.0551. The molecule has 3 fully saturated rings. The molecule has 3 aliphatic rings. The van der Waals surface area contributed by atoms with Gasteiger partial charge in [-0.1, -0.05) is 32.1 Å². The molecule has 0 aromatic rings. The van der Waals surface area contributed by atoms with Crippen LogP contribution in [0.15, 0.2) is 0 Å². The second-order valence-electron chi connectivity index (χ2n) is 5.32. The van der Waals surface area contributed by atoms with Crippen LogP contribution in [-0.2, 0) is 14.0 Å². The summed E-state index contributed by atoms with van der Waals surface area (Å²) >= 11 is 0. The van der Waals surface area contributed by atoms with Crippen molar-refractivity contribution in [2.45, 2.75) is 76.1 Å². The van der Waals surface area contributed by atoms with Gasteiger partial charge in [-0.15, -0.1) is 0 Å². The van der Waals surface area contributed by atoms with Crippen LogP contribution in [0.1, 0.15) is 57.8 Å². The van der Waals surface area contributed by atoms with Crippen LogP contribution in [0.4, 0.5) is 0 Å². The number of rotatable bonds is 2. The highest BCUT2D eigenvalue weighted by atomic mass is 16.8. The van der Waals surface area contributed by atoms with Crippen molar-refractivity contribution < 1.29 is 14.0 Å². The molecule has 0 bridgehead atoms. The zero-order valence-corrected chi connectivity index (χ0v) is 9.90. The highest BCUT2D eigenvalue weighted by Crippen LogP contribution is 2.31. The lowest BCUT2D eigenvalue weighted by Gasteiger charge is -2.22. The predicted octanol–water partition coefficient (Wildman–Crippen LogP) is 2.68. The monoisotopic (exact) mass is 224 g/mol. The summed E-state index contributed by atoms with van der Waals surface area (Å²) in [7, 11) is -0.365. The number of fused-ring (bicyclic) bond motifs is 1. The van der Waals surface area contributed by atoms with Gasteiger partial charge in [0.2, 0.25) is 0 Å². The fraction of sp³-hybridized carbons (Fsp3) is 1.00. The van der Waals surface area contributed by atoms with E-state index in [1.54, 1.807) is 0 Å². The Morgan fingerprint density at radius 2 is 1.31 bits per heavy atom. The minimum Gasteiger partial charge on any atom is -0.383 e. The molecule has 90 valence electrons. The lowest BCUT2D eigenvalue weighted by atomic mass is 9.95. The van der Waals surface area contributed by atoms with Gasteiger partial charge >= 0.3 is 7.32 Å². The Balaban J connectivity index is 1.49. The summed E-state index contributed by atoms with van der Waals surface area (Å²) in [5.74, 6) is 0. The van der Waals surface area contributed by atoms with Gasteiger partial charge < -0.3 is 14.0 Å². The summed E-state index contributed by atoms with van der Waals surface area (Å²) in [5, 5.41) is 0. The largest absolute Gasteiger partial charge is 0.640 e. The van der Waals surface area contributed by atoms with Crippen LogP contribution in [0.5, 0.6) is 0 Å². The van der Waals surface area contributed by atoms with Crippen molar-refractivity contribution in [1.82, 2.24) is 0 Å². The van der Waals surface area contributed by atoms with Gasteiger partial charge in [0, 0.05) is 6.10 Å². The molecule has 2 atom stereocenters. The molecular formula is C12H21BO3. The molecule has 0 amide bonds. The molecule has 0 spiro atoms. The normalized spacial score (nSPS) is 36.4. The average Bonchev–Trinajstić information content (AvgIpc) is 2.72. The van der Waals surface area contributed by atoms with Crippen LogP contribution in [-0.4, -0.2) is 25.6 Å². The van der Waals surface area contributed by atoms with Gasteiger partial charge in [-0.05, 0) is 25.7 Å². The third kappa shape index (κ3) is 2.44. The topological polar surface area (TPSA) is 27.7 Å². The van der Waals surface area contributed by atoms with Crippen LogP contribution in [0, 0.1) is 0 Å². The molecule has 3 rings (SSSR count). The number of hydrogen-bond donors (Lipinski definition) is 0. The Morgan fingerprint density at radius 3 is 1.94 bits per heavy atom. The van der Waals surface area contributed by atoms with Gasteiger partial charge in [0.1, 0.15) is 0 Å². The minimum atomic E-state index is -0.365. The predicted molar refractivity (Wildman–Crippen MR) is 61.9 cm³/mol. The molecule has 4 heteroatoms. The molecular weight excluding hydrogens is 203 g/mol. The van der Waals surface area contributed by atoms with Crippen molar-refractivity contribution in [2.24, 2.45) is 0 Å². The minimum absolute atomic E-state index is 0.308. The first-order valence-electron chi connectivity index (χ1n) is 6.88. The zero-order valence-electron chi connectivity index (χ0n) is 9.90. The highest BCUT2D eigenvalue weighted by molar-refractivity contribution is 6.37. The highest BCUT2D eigenvalue weighted by Gasteiger charge is 2.43. The molecule has 2 aliphatic carbocycles. The maximum absolute atomic E-state index is 5.90. The second kappa shape index (κ2) is 5.07. The van der Waals surface area contributed by atoms with E-state index in [1.165, 1.54) is 44.9 Å². The van der Waals surface area contributed by atoms with Crippen LogP contribution in [0.3, 0.4) is 0 Å². The van der Waals surface area contributed by atoms with Gasteiger partial charge in [0.05, 0.1) is 12.2 Å². The van der Waals surface area contributed by atoms with Crippen LogP contribution in [0.2, 0.25) is 0 Å². The van der Waals surface area contributed by atoms with Crippen molar-refractivity contribution in [1.29, 1.82) is 0 Å². The summed E-state index contributed by atoms with van der Waals surface area (Å²) in [6.45, 7) is 0. The Kier molecular flexibility index (Phi) is 3.50. The summed E-state index contributed by atoms with van der Waals surface area (Å²) in [6, 6.07) is 0. The second-order valence-corrected chi connectivity index (χ2v) is 5.32. The Labute approximate surface area is 98.0 Å². The van der Waals surface area contributed by atoms with E-state index in [0.717, 1.165) is 12.8 Å². The molecule has 0 radical (unpaired) electrons.